The maximum atomic E-state index is 9.82. The third-order valence-electron chi connectivity index (χ3n) is 3.05. The second-order valence-corrected chi connectivity index (χ2v) is 4.36. The number of aliphatic hydroxyl groups is 1. The highest BCUT2D eigenvalue weighted by Gasteiger charge is 2.20. The summed E-state index contributed by atoms with van der Waals surface area (Å²) < 4.78 is 1.90. The molecule has 1 aliphatic rings. The van der Waals surface area contributed by atoms with Crippen molar-refractivity contribution in [1.29, 1.82) is 0 Å². The Morgan fingerprint density at radius 3 is 2.94 bits per heavy atom. The van der Waals surface area contributed by atoms with Gasteiger partial charge in [0.2, 0.25) is 0 Å². The molecule has 0 saturated carbocycles. The van der Waals surface area contributed by atoms with Crippen molar-refractivity contribution in [1.82, 2.24) is 15.1 Å². The van der Waals surface area contributed by atoms with Gasteiger partial charge in [-0.15, -0.1) is 0 Å². The molecule has 2 N–H and O–H groups in total. The summed E-state index contributed by atoms with van der Waals surface area (Å²) >= 11 is 0. The molecule has 1 unspecified atom stereocenters. The van der Waals surface area contributed by atoms with E-state index in [1.54, 1.807) is 0 Å². The molecule has 17 heavy (non-hydrogen) atoms. The van der Waals surface area contributed by atoms with E-state index in [0.29, 0.717) is 6.54 Å². The number of benzene rings is 1. The van der Waals surface area contributed by atoms with E-state index in [9.17, 15) is 5.11 Å². The Morgan fingerprint density at radius 1 is 1.35 bits per heavy atom. The second-order valence-electron chi connectivity index (χ2n) is 4.36. The zero-order chi connectivity index (χ0) is 11.7. The number of aromatic nitrogens is 2. The van der Waals surface area contributed by atoms with E-state index in [-0.39, 0.29) is 0 Å². The van der Waals surface area contributed by atoms with Crippen molar-refractivity contribution in [3.63, 3.8) is 0 Å². The maximum Gasteiger partial charge on any atom is 0.0948 e. The van der Waals surface area contributed by atoms with E-state index < -0.39 is 6.10 Å². The molecule has 1 aromatic heterocycles. The minimum atomic E-state index is -0.428. The summed E-state index contributed by atoms with van der Waals surface area (Å²) in [5.74, 6) is 0. The SMILES string of the molecule is OC1CNCc2nn(Cc3ccccc3)cc21. The van der Waals surface area contributed by atoms with Crippen LogP contribution in [0.15, 0.2) is 36.5 Å². The molecule has 0 radical (unpaired) electrons. The van der Waals surface area contributed by atoms with Gasteiger partial charge < -0.3 is 10.4 Å². The van der Waals surface area contributed by atoms with Crippen LogP contribution in [0.5, 0.6) is 0 Å². The fraction of sp³-hybridized carbons (Fsp3) is 0.308. The number of fused-ring (bicyclic) bond motifs is 1. The summed E-state index contributed by atoms with van der Waals surface area (Å²) in [7, 11) is 0. The molecule has 3 rings (SSSR count). The lowest BCUT2D eigenvalue weighted by atomic mass is 10.1. The molecule has 0 saturated heterocycles. The molecule has 88 valence electrons. The number of aliphatic hydroxyl groups excluding tert-OH is 1. The minimum absolute atomic E-state index is 0.428. The summed E-state index contributed by atoms with van der Waals surface area (Å²) in [6.07, 6.45) is 1.52. The molecule has 2 aromatic rings. The van der Waals surface area contributed by atoms with Crippen LogP contribution in [0.2, 0.25) is 0 Å². The van der Waals surface area contributed by atoms with Crippen molar-refractivity contribution in [3.05, 3.63) is 53.3 Å². The molecule has 0 aliphatic carbocycles. The van der Waals surface area contributed by atoms with Crippen LogP contribution in [0.4, 0.5) is 0 Å². The lowest BCUT2D eigenvalue weighted by Crippen LogP contribution is -2.27. The van der Waals surface area contributed by atoms with Crippen molar-refractivity contribution < 1.29 is 5.11 Å². The van der Waals surface area contributed by atoms with Crippen molar-refractivity contribution in [3.8, 4) is 0 Å². The molecular formula is C13H15N3O. The first kappa shape index (κ1) is 10.5. The number of hydrogen-bond donors (Lipinski definition) is 2. The van der Waals surface area contributed by atoms with Crippen molar-refractivity contribution in [2.45, 2.75) is 19.2 Å². The Kier molecular flexibility index (Phi) is 2.66. The third-order valence-corrected chi connectivity index (χ3v) is 3.05. The molecular weight excluding hydrogens is 214 g/mol. The summed E-state index contributed by atoms with van der Waals surface area (Å²) in [6.45, 7) is 2.11. The van der Waals surface area contributed by atoms with Crippen LogP contribution in [-0.2, 0) is 13.1 Å². The van der Waals surface area contributed by atoms with E-state index >= 15 is 0 Å². The lowest BCUT2D eigenvalue weighted by molar-refractivity contribution is 0.165. The normalized spacial score (nSPS) is 19.0. The Morgan fingerprint density at radius 2 is 2.18 bits per heavy atom. The molecule has 0 amide bonds. The summed E-state index contributed by atoms with van der Waals surface area (Å²) in [6, 6.07) is 10.2. The topological polar surface area (TPSA) is 50.1 Å². The predicted molar refractivity (Wildman–Crippen MR) is 64.4 cm³/mol. The molecule has 0 fully saturated rings. The summed E-state index contributed by atoms with van der Waals surface area (Å²) in [5.41, 5.74) is 3.13. The van der Waals surface area contributed by atoms with E-state index in [1.807, 2.05) is 29.1 Å². The molecule has 4 nitrogen and oxygen atoms in total. The van der Waals surface area contributed by atoms with E-state index in [0.717, 1.165) is 24.3 Å². The molecule has 2 heterocycles. The fourth-order valence-electron chi connectivity index (χ4n) is 2.18. The molecule has 1 aromatic carbocycles. The largest absolute Gasteiger partial charge is 0.387 e. The highest BCUT2D eigenvalue weighted by molar-refractivity contribution is 5.23. The quantitative estimate of drug-likeness (QED) is 0.810. The monoisotopic (exact) mass is 229 g/mol. The van der Waals surface area contributed by atoms with Crippen LogP contribution >= 0.6 is 0 Å². The van der Waals surface area contributed by atoms with Gasteiger partial charge in [0.1, 0.15) is 0 Å². The van der Waals surface area contributed by atoms with Crippen molar-refractivity contribution in [2.75, 3.05) is 6.54 Å². The second kappa shape index (κ2) is 4.31. The van der Waals surface area contributed by atoms with Gasteiger partial charge in [0.05, 0.1) is 18.3 Å². The van der Waals surface area contributed by atoms with E-state index in [4.69, 9.17) is 0 Å². The number of β-amino-alcohol motifs (C(OH)–C–C–N with tert-alkyl or cyclic N) is 1. The summed E-state index contributed by atoms with van der Waals surface area (Å²) in [5, 5.41) is 17.5. The smallest absolute Gasteiger partial charge is 0.0948 e. The van der Waals surface area contributed by atoms with Crippen LogP contribution in [-0.4, -0.2) is 21.4 Å². The third kappa shape index (κ3) is 2.09. The standard InChI is InChI=1S/C13H15N3O/c17-13-7-14-6-12-11(13)9-16(15-12)8-10-4-2-1-3-5-10/h1-5,9,13-14,17H,6-8H2. The van der Waals surface area contributed by atoms with Crippen molar-refractivity contribution in [2.24, 2.45) is 0 Å². The number of nitrogens with one attached hydrogen (secondary N) is 1. The highest BCUT2D eigenvalue weighted by Crippen LogP contribution is 2.20. The Balaban J connectivity index is 1.85. The van der Waals surface area contributed by atoms with Gasteiger partial charge in [-0.25, -0.2) is 0 Å². The van der Waals surface area contributed by atoms with Gasteiger partial charge >= 0.3 is 0 Å². The van der Waals surface area contributed by atoms with Crippen LogP contribution in [0, 0.1) is 0 Å². The maximum absolute atomic E-state index is 9.82. The van der Waals surface area contributed by atoms with Gasteiger partial charge in [0, 0.05) is 24.8 Å². The Labute approximate surface area is 99.9 Å². The first-order chi connectivity index (χ1) is 8.33. The van der Waals surface area contributed by atoms with Gasteiger partial charge in [-0.3, -0.25) is 4.68 Å². The number of rotatable bonds is 2. The van der Waals surface area contributed by atoms with Crippen LogP contribution < -0.4 is 5.32 Å². The number of nitrogens with zero attached hydrogens (tertiary/aromatic N) is 2. The van der Waals surface area contributed by atoms with Gasteiger partial charge in [-0.2, -0.15) is 5.10 Å². The van der Waals surface area contributed by atoms with Crippen LogP contribution in [0.25, 0.3) is 0 Å². The van der Waals surface area contributed by atoms with E-state index in [2.05, 4.69) is 22.5 Å². The molecule has 0 bridgehead atoms. The molecule has 4 heteroatoms. The minimum Gasteiger partial charge on any atom is -0.387 e. The van der Waals surface area contributed by atoms with Gasteiger partial charge in [0.15, 0.2) is 0 Å². The average Bonchev–Trinajstić information content (AvgIpc) is 2.74. The van der Waals surface area contributed by atoms with Gasteiger partial charge in [-0.1, -0.05) is 30.3 Å². The molecule has 0 spiro atoms. The first-order valence-corrected chi connectivity index (χ1v) is 5.82. The predicted octanol–water partition coefficient (Wildman–Crippen LogP) is 1.07. The van der Waals surface area contributed by atoms with Crippen molar-refractivity contribution >= 4 is 0 Å². The Bertz CT molecular complexity index is 507. The fourth-order valence-corrected chi connectivity index (χ4v) is 2.18. The highest BCUT2D eigenvalue weighted by atomic mass is 16.3. The molecule has 1 atom stereocenters. The zero-order valence-corrected chi connectivity index (χ0v) is 9.50. The van der Waals surface area contributed by atoms with Crippen LogP contribution in [0.3, 0.4) is 0 Å². The molecule has 1 aliphatic heterocycles. The summed E-state index contributed by atoms with van der Waals surface area (Å²) in [4.78, 5) is 0. The lowest BCUT2D eigenvalue weighted by Gasteiger charge is -2.16. The number of hydrogen-bond acceptors (Lipinski definition) is 3. The van der Waals surface area contributed by atoms with E-state index in [1.165, 1.54) is 5.56 Å². The Hall–Kier alpha value is -1.65. The van der Waals surface area contributed by atoms with Gasteiger partial charge in [-0.05, 0) is 5.56 Å². The first-order valence-electron chi connectivity index (χ1n) is 5.82. The van der Waals surface area contributed by atoms with Gasteiger partial charge in [0.25, 0.3) is 0 Å². The average molecular weight is 229 g/mol. The zero-order valence-electron chi connectivity index (χ0n) is 9.50. The van der Waals surface area contributed by atoms with Crippen LogP contribution in [0.1, 0.15) is 22.9 Å².